The van der Waals surface area contributed by atoms with Crippen LogP contribution in [0, 0.1) is 0 Å². The van der Waals surface area contributed by atoms with Crippen LogP contribution in [0.25, 0.3) is 0 Å². The van der Waals surface area contributed by atoms with E-state index in [9.17, 15) is 0 Å². The Labute approximate surface area is 117 Å². The molecule has 0 saturated heterocycles. The fraction of sp³-hybridized carbons (Fsp3) is 0.800. The Bertz CT molecular complexity index is 350. The van der Waals surface area contributed by atoms with E-state index in [1.165, 1.54) is 0 Å². The van der Waals surface area contributed by atoms with E-state index in [2.05, 4.69) is 35.6 Å². The van der Waals surface area contributed by atoms with Crippen molar-refractivity contribution in [3.8, 4) is 0 Å². The minimum atomic E-state index is -0.0683. The van der Waals surface area contributed by atoms with Gasteiger partial charge in [0.15, 0.2) is 0 Å². The number of likely N-dealkylation sites (N-methyl/N-ethyl adjacent to an activating group) is 1. The molecule has 0 aliphatic carbocycles. The summed E-state index contributed by atoms with van der Waals surface area (Å²) >= 11 is 0. The molecular weight excluding hydrogens is 238 g/mol. The van der Waals surface area contributed by atoms with Crippen LogP contribution in [0.5, 0.6) is 0 Å². The van der Waals surface area contributed by atoms with Crippen LogP contribution in [0.2, 0.25) is 0 Å². The quantitative estimate of drug-likeness (QED) is 0.747. The van der Waals surface area contributed by atoms with Gasteiger partial charge in [-0.05, 0) is 25.8 Å². The van der Waals surface area contributed by atoms with Crippen LogP contribution in [-0.4, -0.2) is 34.8 Å². The third kappa shape index (κ3) is 3.80. The number of aromatic nitrogens is 2. The molecule has 0 aliphatic heterocycles. The molecule has 0 aromatic carbocycles. The monoisotopic (exact) mass is 267 g/mol. The summed E-state index contributed by atoms with van der Waals surface area (Å²) < 4.78 is 7.95. The molecule has 4 nitrogen and oxygen atoms in total. The van der Waals surface area contributed by atoms with Crippen LogP contribution >= 0.6 is 0 Å². The lowest BCUT2D eigenvalue weighted by atomic mass is 9.85. The molecule has 1 unspecified atom stereocenters. The molecule has 4 heteroatoms. The number of aryl methyl sites for hydroxylation is 2. The van der Waals surface area contributed by atoms with Crippen molar-refractivity contribution in [3.63, 3.8) is 0 Å². The fourth-order valence-corrected chi connectivity index (χ4v) is 2.88. The Morgan fingerprint density at radius 3 is 2.47 bits per heavy atom. The maximum Gasteiger partial charge on any atom is 0.108 e. The largest absolute Gasteiger partial charge is 0.377 e. The Balaban J connectivity index is 2.74. The van der Waals surface area contributed by atoms with E-state index >= 15 is 0 Å². The van der Waals surface area contributed by atoms with Crippen molar-refractivity contribution in [3.05, 3.63) is 18.2 Å². The summed E-state index contributed by atoms with van der Waals surface area (Å²) in [5, 5.41) is 3.60. The second kappa shape index (κ2) is 7.65. The highest BCUT2D eigenvalue weighted by Crippen LogP contribution is 2.27. The number of nitrogens with zero attached hydrogens (tertiary/aromatic N) is 2. The molecule has 0 fully saturated rings. The van der Waals surface area contributed by atoms with Gasteiger partial charge in [0.05, 0.1) is 5.60 Å². The number of methoxy groups -OCH3 is 1. The molecule has 1 N–H and O–H groups in total. The number of hydrogen-bond donors (Lipinski definition) is 1. The predicted octanol–water partition coefficient (Wildman–Crippen LogP) is 2.54. The highest BCUT2D eigenvalue weighted by Gasteiger charge is 2.35. The van der Waals surface area contributed by atoms with Gasteiger partial charge in [0.1, 0.15) is 5.82 Å². The lowest BCUT2D eigenvalue weighted by Crippen LogP contribution is -2.51. The van der Waals surface area contributed by atoms with E-state index in [-0.39, 0.29) is 5.60 Å². The summed E-state index contributed by atoms with van der Waals surface area (Å²) in [4.78, 5) is 4.40. The molecule has 1 atom stereocenters. The fourth-order valence-electron chi connectivity index (χ4n) is 2.88. The zero-order valence-corrected chi connectivity index (χ0v) is 13.1. The van der Waals surface area contributed by atoms with E-state index < -0.39 is 0 Å². The van der Waals surface area contributed by atoms with E-state index in [1.54, 1.807) is 0 Å². The maximum atomic E-state index is 5.86. The average molecular weight is 267 g/mol. The molecule has 0 bridgehead atoms. The van der Waals surface area contributed by atoms with E-state index in [4.69, 9.17) is 4.74 Å². The topological polar surface area (TPSA) is 39.1 Å². The van der Waals surface area contributed by atoms with Gasteiger partial charge in [0.2, 0.25) is 0 Å². The first-order chi connectivity index (χ1) is 9.13. The molecule has 0 spiro atoms. The maximum absolute atomic E-state index is 5.86. The van der Waals surface area contributed by atoms with Gasteiger partial charge in [0.25, 0.3) is 0 Å². The predicted molar refractivity (Wildman–Crippen MR) is 79.3 cm³/mol. The summed E-state index contributed by atoms with van der Waals surface area (Å²) in [5.74, 6) is 1.14. The Hall–Kier alpha value is -0.870. The number of ether oxygens (including phenoxy) is 1. The van der Waals surface area contributed by atoms with Crippen LogP contribution < -0.4 is 5.32 Å². The summed E-state index contributed by atoms with van der Waals surface area (Å²) in [7, 11) is 3.88. The molecule has 1 heterocycles. The van der Waals surface area contributed by atoms with Crippen molar-refractivity contribution >= 4 is 0 Å². The van der Waals surface area contributed by atoms with E-state index in [1.807, 2.05) is 26.6 Å². The van der Waals surface area contributed by atoms with E-state index in [0.29, 0.717) is 6.04 Å². The first-order valence-corrected chi connectivity index (χ1v) is 7.38. The van der Waals surface area contributed by atoms with Crippen LogP contribution in [0.4, 0.5) is 0 Å². The van der Waals surface area contributed by atoms with E-state index in [0.717, 1.165) is 38.1 Å². The molecule has 0 amide bonds. The molecule has 0 saturated carbocycles. The Morgan fingerprint density at radius 1 is 1.37 bits per heavy atom. The minimum absolute atomic E-state index is 0.0683. The van der Waals surface area contributed by atoms with Gasteiger partial charge < -0.3 is 14.6 Å². The smallest absolute Gasteiger partial charge is 0.108 e. The van der Waals surface area contributed by atoms with Gasteiger partial charge >= 0.3 is 0 Å². The number of imidazole rings is 1. The third-order valence-electron chi connectivity index (χ3n) is 4.27. The lowest BCUT2D eigenvalue weighted by Gasteiger charge is -2.39. The Morgan fingerprint density at radius 2 is 2.05 bits per heavy atom. The molecule has 110 valence electrons. The van der Waals surface area contributed by atoms with Crippen LogP contribution in [-0.2, 0) is 18.2 Å². The first kappa shape index (κ1) is 16.2. The highest BCUT2D eigenvalue weighted by molar-refractivity contribution is 4.96. The van der Waals surface area contributed by atoms with Gasteiger partial charge in [-0.15, -0.1) is 0 Å². The summed E-state index contributed by atoms with van der Waals surface area (Å²) in [6, 6.07) is 0.370. The van der Waals surface area contributed by atoms with Gasteiger partial charge in [-0.3, -0.25) is 0 Å². The molecule has 0 radical (unpaired) electrons. The van der Waals surface area contributed by atoms with Crippen LogP contribution in [0.3, 0.4) is 0 Å². The molecule has 19 heavy (non-hydrogen) atoms. The zero-order chi connectivity index (χ0) is 14.3. The molecule has 1 aromatic rings. The van der Waals surface area contributed by atoms with Crippen molar-refractivity contribution in [2.24, 2.45) is 7.05 Å². The van der Waals surface area contributed by atoms with Crippen LogP contribution in [0.15, 0.2) is 12.4 Å². The van der Waals surface area contributed by atoms with Crippen molar-refractivity contribution < 1.29 is 4.74 Å². The number of rotatable bonds is 9. The van der Waals surface area contributed by atoms with Crippen molar-refractivity contribution in [2.75, 3.05) is 13.7 Å². The van der Waals surface area contributed by atoms with Gasteiger partial charge in [-0.25, -0.2) is 4.98 Å². The molecule has 0 aliphatic rings. The van der Waals surface area contributed by atoms with Crippen molar-refractivity contribution in [1.82, 2.24) is 14.9 Å². The summed E-state index contributed by atoms with van der Waals surface area (Å²) in [5.41, 5.74) is -0.0683. The second-order valence-corrected chi connectivity index (χ2v) is 5.08. The summed E-state index contributed by atoms with van der Waals surface area (Å²) in [6.45, 7) is 7.53. The normalized spacial score (nSPS) is 13.7. The van der Waals surface area contributed by atoms with Crippen molar-refractivity contribution in [1.29, 1.82) is 0 Å². The lowest BCUT2D eigenvalue weighted by molar-refractivity contribution is -0.0490. The second-order valence-electron chi connectivity index (χ2n) is 5.08. The van der Waals surface area contributed by atoms with Gasteiger partial charge in [-0.1, -0.05) is 20.8 Å². The molecular formula is C15H29N3O. The molecule has 1 rings (SSSR count). The number of hydrogen-bond acceptors (Lipinski definition) is 3. The minimum Gasteiger partial charge on any atom is -0.377 e. The Kier molecular flexibility index (Phi) is 6.52. The average Bonchev–Trinajstić information content (AvgIpc) is 2.84. The van der Waals surface area contributed by atoms with Gasteiger partial charge in [0, 0.05) is 39.0 Å². The zero-order valence-electron chi connectivity index (χ0n) is 13.1. The SMILES string of the molecule is CCNC(CCc1nccn1C)C(CC)(CC)OC. The third-order valence-corrected chi connectivity index (χ3v) is 4.27. The van der Waals surface area contributed by atoms with Crippen molar-refractivity contribution in [2.45, 2.75) is 58.1 Å². The summed E-state index contributed by atoms with van der Waals surface area (Å²) in [6.07, 6.45) is 7.94. The highest BCUT2D eigenvalue weighted by atomic mass is 16.5. The molecule has 1 aromatic heterocycles. The standard InChI is InChI=1S/C15H29N3O/c1-6-15(7-2,19-5)13(16-8-3)9-10-14-17-11-12-18(14)4/h11-13,16H,6-10H2,1-5H3. The van der Waals surface area contributed by atoms with Crippen LogP contribution in [0.1, 0.15) is 45.9 Å². The number of nitrogens with one attached hydrogen (secondary N) is 1. The first-order valence-electron chi connectivity index (χ1n) is 7.38. The van der Waals surface area contributed by atoms with Gasteiger partial charge in [-0.2, -0.15) is 0 Å².